The predicted molar refractivity (Wildman–Crippen MR) is 89.8 cm³/mol. The van der Waals surface area contributed by atoms with Crippen LogP contribution in [0.3, 0.4) is 0 Å². The Hall–Kier alpha value is -3.00. The molecule has 3 rings (SSSR count). The number of halogens is 2. The van der Waals surface area contributed by atoms with Crippen LogP contribution < -0.4 is 9.64 Å². The van der Waals surface area contributed by atoms with Gasteiger partial charge in [0.15, 0.2) is 0 Å². The molecular weight excluding hydrogens is 349 g/mol. The highest BCUT2D eigenvalue weighted by Crippen LogP contribution is 2.31. The minimum atomic E-state index is -0.379. The van der Waals surface area contributed by atoms with Crippen LogP contribution in [0.1, 0.15) is 10.4 Å². The van der Waals surface area contributed by atoms with Gasteiger partial charge >= 0.3 is 0 Å². The second-order valence-corrected chi connectivity index (χ2v) is 5.51. The highest BCUT2D eigenvalue weighted by molar-refractivity contribution is 6.33. The molecule has 9 heteroatoms. The van der Waals surface area contributed by atoms with E-state index in [-0.39, 0.29) is 22.3 Å². The van der Waals surface area contributed by atoms with Crippen LogP contribution >= 0.6 is 11.6 Å². The van der Waals surface area contributed by atoms with Crippen molar-refractivity contribution in [2.24, 2.45) is 0 Å². The molecule has 0 unspecified atom stereocenters. The molecule has 128 valence electrons. The van der Waals surface area contributed by atoms with Crippen molar-refractivity contribution >= 4 is 23.2 Å². The molecule has 2 aromatic carbocycles. The lowest BCUT2D eigenvalue weighted by Gasteiger charge is -2.19. The van der Waals surface area contributed by atoms with Crippen molar-refractivity contribution in [2.75, 3.05) is 19.1 Å². The molecule has 1 amide bonds. The average molecular weight is 362 g/mol. The number of benzene rings is 2. The summed E-state index contributed by atoms with van der Waals surface area (Å²) in [5, 5.41) is 11.2. The molecule has 0 atom stereocenters. The zero-order valence-electron chi connectivity index (χ0n) is 13.3. The first-order valence-electron chi connectivity index (χ1n) is 7.15. The van der Waals surface area contributed by atoms with Crippen molar-refractivity contribution in [2.45, 2.75) is 0 Å². The zero-order chi connectivity index (χ0) is 18.0. The predicted octanol–water partition coefficient (Wildman–Crippen LogP) is 2.74. The fourth-order valence-corrected chi connectivity index (χ4v) is 2.54. The summed E-state index contributed by atoms with van der Waals surface area (Å²) in [6.45, 7) is 0. The minimum Gasteiger partial charge on any atom is -0.496 e. The van der Waals surface area contributed by atoms with Crippen molar-refractivity contribution in [1.29, 1.82) is 0 Å². The number of tetrazole rings is 1. The number of aromatic nitrogens is 4. The summed E-state index contributed by atoms with van der Waals surface area (Å²) in [6, 6.07) is 8.64. The summed E-state index contributed by atoms with van der Waals surface area (Å²) < 4.78 is 19.7. The third-order valence-electron chi connectivity index (χ3n) is 3.61. The molecule has 7 nitrogen and oxygen atoms in total. The molecular formula is C16H13ClFN5O2. The molecule has 3 aromatic rings. The molecule has 1 aromatic heterocycles. The first-order chi connectivity index (χ1) is 12.0. The highest BCUT2D eigenvalue weighted by Gasteiger charge is 2.21. The smallest absolute Gasteiger partial charge is 0.261 e. The second kappa shape index (κ2) is 6.86. The van der Waals surface area contributed by atoms with E-state index in [4.69, 9.17) is 16.3 Å². The molecule has 1 heterocycles. The number of hydrogen-bond acceptors (Lipinski definition) is 5. The van der Waals surface area contributed by atoms with Crippen LogP contribution in [0.2, 0.25) is 5.02 Å². The summed E-state index contributed by atoms with van der Waals surface area (Å²) in [5.74, 6) is -0.418. The van der Waals surface area contributed by atoms with Crippen LogP contribution in [-0.4, -0.2) is 40.3 Å². The molecule has 0 saturated carbocycles. The number of ether oxygens (including phenoxy) is 1. The average Bonchev–Trinajstić information content (AvgIpc) is 3.15. The van der Waals surface area contributed by atoms with Crippen LogP contribution in [0.4, 0.5) is 10.1 Å². The van der Waals surface area contributed by atoms with Gasteiger partial charge in [-0.25, -0.2) is 4.39 Å². The molecule has 0 fully saturated rings. The third kappa shape index (κ3) is 3.29. The molecule has 0 spiro atoms. The number of rotatable bonds is 4. The summed E-state index contributed by atoms with van der Waals surface area (Å²) in [7, 11) is 3.03. The van der Waals surface area contributed by atoms with E-state index in [9.17, 15) is 9.18 Å². The fraction of sp³-hybridized carbons (Fsp3) is 0.125. The van der Waals surface area contributed by atoms with Gasteiger partial charge in [-0.1, -0.05) is 11.6 Å². The molecule has 0 saturated heterocycles. The number of anilines is 1. The van der Waals surface area contributed by atoms with Gasteiger partial charge in [0.05, 0.1) is 23.4 Å². The van der Waals surface area contributed by atoms with Crippen molar-refractivity contribution in [3.8, 4) is 11.4 Å². The fourth-order valence-electron chi connectivity index (χ4n) is 2.29. The Labute approximate surface area is 147 Å². The van der Waals surface area contributed by atoms with Crippen LogP contribution in [0.5, 0.6) is 5.75 Å². The lowest BCUT2D eigenvalue weighted by molar-refractivity contribution is 0.0990. The maximum atomic E-state index is 13.1. The Morgan fingerprint density at radius 1 is 1.28 bits per heavy atom. The molecule has 0 N–H and O–H groups in total. The molecule has 25 heavy (non-hydrogen) atoms. The first kappa shape index (κ1) is 16.8. The summed E-state index contributed by atoms with van der Waals surface area (Å²) >= 11 is 6.27. The lowest BCUT2D eigenvalue weighted by Crippen LogP contribution is -2.26. The second-order valence-electron chi connectivity index (χ2n) is 5.10. The Morgan fingerprint density at radius 3 is 2.60 bits per heavy atom. The SMILES string of the molecule is COc1cc(-n2cnnn2)c(Cl)cc1C(=O)N(C)c1ccc(F)cc1. The standard InChI is InChI=1S/C16H13ClFN5O2/c1-22(11-5-3-10(18)4-6-11)16(24)12-7-13(17)14(8-15(12)25-2)23-9-19-20-21-23/h3-9H,1-2H3. The first-order valence-corrected chi connectivity index (χ1v) is 7.53. The number of nitrogens with zero attached hydrogens (tertiary/aromatic N) is 5. The maximum Gasteiger partial charge on any atom is 0.261 e. The Bertz CT molecular complexity index is 900. The summed E-state index contributed by atoms with van der Waals surface area (Å²) in [6.07, 6.45) is 1.38. The van der Waals surface area contributed by atoms with Crippen molar-refractivity contribution in [1.82, 2.24) is 20.2 Å². The molecule has 0 aliphatic heterocycles. The summed E-state index contributed by atoms with van der Waals surface area (Å²) in [5.41, 5.74) is 1.27. The van der Waals surface area contributed by atoms with Crippen LogP contribution in [0.15, 0.2) is 42.7 Å². The number of hydrogen-bond donors (Lipinski definition) is 0. The van der Waals surface area contributed by atoms with Gasteiger partial charge in [-0.3, -0.25) is 4.79 Å². The number of carbonyl (C=O) groups excluding carboxylic acids is 1. The third-order valence-corrected chi connectivity index (χ3v) is 3.92. The molecule has 0 aliphatic rings. The topological polar surface area (TPSA) is 73.1 Å². The number of carbonyl (C=O) groups is 1. The Morgan fingerprint density at radius 2 is 2.00 bits per heavy atom. The van der Waals surface area contributed by atoms with E-state index in [1.165, 1.54) is 53.4 Å². The van der Waals surface area contributed by atoms with Crippen molar-refractivity contribution in [3.05, 3.63) is 59.1 Å². The van der Waals surface area contributed by atoms with Gasteiger partial charge in [-0.2, -0.15) is 4.68 Å². The molecule has 0 bridgehead atoms. The normalized spacial score (nSPS) is 10.6. The quantitative estimate of drug-likeness (QED) is 0.714. The summed E-state index contributed by atoms with van der Waals surface area (Å²) in [4.78, 5) is 14.2. The van der Waals surface area contributed by atoms with Gasteiger partial charge in [0.25, 0.3) is 5.91 Å². The van der Waals surface area contributed by atoms with Gasteiger partial charge < -0.3 is 9.64 Å². The van der Waals surface area contributed by atoms with E-state index in [0.29, 0.717) is 17.1 Å². The number of amides is 1. The van der Waals surface area contributed by atoms with Gasteiger partial charge in [-0.15, -0.1) is 5.10 Å². The lowest BCUT2D eigenvalue weighted by atomic mass is 10.1. The van der Waals surface area contributed by atoms with E-state index >= 15 is 0 Å². The molecule has 0 aliphatic carbocycles. The molecule has 0 radical (unpaired) electrons. The monoisotopic (exact) mass is 361 g/mol. The van der Waals surface area contributed by atoms with E-state index in [1.807, 2.05) is 0 Å². The van der Waals surface area contributed by atoms with Gasteiger partial charge in [0.2, 0.25) is 0 Å². The zero-order valence-corrected chi connectivity index (χ0v) is 14.1. The van der Waals surface area contributed by atoms with Crippen LogP contribution in [0, 0.1) is 5.82 Å². The maximum absolute atomic E-state index is 13.1. The van der Waals surface area contributed by atoms with Crippen molar-refractivity contribution < 1.29 is 13.9 Å². The van der Waals surface area contributed by atoms with Gasteiger partial charge in [-0.05, 0) is 40.8 Å². The largest absolute Gasteiger partial charge is 0.496 e. The van der Waals surface area contributed by atoms with Gasteiger partial charge in [0, 0.05) is 18.8 Å². The highest BCUT2D eigenvalue weighted by atomic mass is 35.5. The van der Waals surface area contributed by atoms with E-state index in [0.717, 1.165) is 0 Å². The van der Waals surface area contributed by atoms with Gasteiger partial charge in [0.1, 0.15) is 17.9 Å². The van der Waals surface area contributed by atoms with Crippen LogP contribution in [0.25, 0.3) is 5.69 Å². The minimum absolute atomic E-state index is 0.260. The van der Waals surface area contributed by atoms with E-state index < -0.39 is 0 Å². The Balaban J connectivity index is 1.99. The van der Waals surface area contributed by atoms with E-state index in [2.05, 4.69) is 15.5 Å². The Kier molecular flexibility index (Phi) is 4.62. The van der Waals surface area contributed by atoms with Crippen LogP contribution in [-0.2, 0) is 0 Å². The van der Waals surface area contributed by atoms with E-state index in [1.54, 1.807) is 13.1 Å². The number of methoxy groups -OCH3 is 1. The van der Waals surface area contributed by atoms with Crippen molar-refractivity contribution in [3.63, 3.8) is 0 Å².